The van der Waals surface area contributed by atoms with Crippen molar-refractivity contribution in [2.24, 2.45) is 11.5 Å². The molecule has 0 bridgehead atoms. The highest BCUT2D eigenvalue weighted by Gasteiger charge is 2.37. The van der Waals surface area contributed by atoms with Crippen molar-refractivity contribution in [2.75, 3.05) is 26.2 Å². The zero-order valence-corrected chi connectivity index (χ0v) is 15.9. The number of hydrogen-bond acceptors (Lipinski definition) is 5. The van der Waals surface area contributed by atoms with Gasteiger partial charge in [0.05, 0.1) is 12.7 Å². The Balaban J connectivity index is 1.67. The summed E-state index contributed by atoms with van der Waals surface area (Å²) in [4.78, 5) is 17.6. The smallest absolute Gasteiger partial charge is 0.344 e. The van der Waals surface area contributed by atoms with Crippen LogP contribution in [0.3, 0.4) is 0 Å². The Morgan fingerprint density at radius 2 is 1.81 bits per heavy atom. The van der Waals surface area contributed by atoms with Crippen LogP contribution in [0.2, 0.25) is 0 Å². The molecule has 4 rings (SSSR count). The van der Waals surface area contributed by atoms with Gasteiger partial charge in [-0.1, -0.05) is 24.3 Å². The van der Waals surface area contributed by atoms with E-state index in [1.807, 2.05) is 28.1 Å². The van der Waals surface area contributed by atoms with Gasteiger partial charge in [-0.05, 0) is 36.8 Å². The molecule has 0 saturated carbocycles. The van der Waals surface area contributed by atoms with Gasteiger partial charge in [-0.2, -0.15) is 0 Å². The van der Waals surface area contributed by atoms with Crippen LogP contribution in [0.4, 0.5) is 4.79 Å². The minimum absolute atomic E-state index is 0.0539. The molecular formula is C20H30N6O. The first kappa shape index (κ1) is 18.1. The van der Waals surface area contributed by atoms with E-state index in [1.165, 1.54) is 0 Å². The number of carbonyl (C=O) groups excluding carboxylic acids is 1. The Morgan fingerprint density at radius 3 is 2.59 bits per heavy atom. The fraction of sp³-hybridized carbons (Fsp3) is 0.550. The molecule has 1 atom stereocenters. The van der Waals surface area contributed by atoms with Crippen molar-refractivity contribution in [2.45, 2.75) is 44.8 Å². The van der Waals surface area contributed by atoms with Crippen LogP contribution in [0.25, 0.3) is 0 Å². The topological polar surface area (TPSA) is 82.1 Å². The zero-order valence-electron chi connectivity index (χ0n) is 15.9. The maximum Gasteiger partial charge on any atom is 0.344 e. The number of nitrogens with zero attached hydrogens (tertiary/aromatic N) is 4. The van der Waals surface area contributed by atoms with Crippen LogP contribution in [-0.4, -0.2) is 58.1 Å². The van der Waals surface area contributed by atoms with Gasteiger partial charge in [-0.3, -0.25) is 9.91 Å². The highest BCUT2D eigenvalue weighted by Crippen LogP contribution is 2.29. The standard InChI is InChI=1S/C20H30N6O/c21-12-16-6-1-2-7-17(16)13-25-19(23-9-5-8-18(22)14-23)15-24-10-3-4-11-26(24)20(25)27/h1-2,6-7,15,18H,3-5,8-14,21-22H2. The zero-order chi connectivity index (χ0) is 18.8. The van der Waals surface area contributed by atoms with Crippen molar-refractivity contribution in [3.05, 3.63) is 47.4 Å². The summed E-state index contributed by atoms with van der Waals surface area (Å²) < 4.78 is 0. The molecule has 2 saturated heterocycles. The van der Waals surface area contributed by atoms with E-state index in [0.29, 0.717) is 13.1 Å². The second-order valence-corrected chi connectivity index (χ2v) is 7.67. The Kier molecular flexibility index (Phi) is 5.22. The first-order valence-electron chi connectivity index (χ1n) is 10.0. The van der Waals surface area contributed by atoms with Crippen molar-refractivity contribution in [3.8, 4) is 0 Å². The van der Waals surface area contributed by atoms with Crippen molar-refractivity contribution in [1.82, 2.24) is 19.8 Å². The Labute approximate surface area is 161 Å². The summed E-state index contributed by atoms with van der Waals surface area (Å²) in [6.07, 6.45) is 6.41. The third kappa shape index (κ3) is 3.61. The number of hydrazine groups is 1. The molecule has 1 aromatic rings. The molecule has 0 aliphatic carbocycles. The molecule has 7 nitrogen and oxygen atoms in total. The lowest BCUT2D eigenvalue weighted by atomic mass is 10.1. The van der Waals surface area contributed by atoms with Gasteiger partial charge >= 0.3 is 6.03 Å². The Morgan fingerprint density at radius 1 is 1.04 bits per heavy atom. The average Bonchev–Trinajstić information content (AvgIpc) is 2.70. The van der Waals surface area contributed by atoms with Gasteiger partial charge in [-0.15, -0.1) is 0 Å². The average molecular weight is 371 g/mol. The van der Waals surface area contributed by atoms with Crippen LogP contribution < -0.4 is 11.5 Å². The number of carbonyl (C=O) groups is 1. The van der Waals surface area contributed by atoms with Crippen molar-refractivity contribution >= 4 is 6.03 Å². The lowest BCUT2D eigenvalue weighted by Crippen LogP contribution is -2.59. The molecule has 0 spiro atoms. The van der Waals surface area contributed by atoms with E-state index < -0.39 is 0 Å². The van der Waals surface area contributed by atoms with Crippen LogP contribution in [0.15, 0.2) is 36.3 Å². The Bertz CT molecular complexity index is 720. The predicted octanol–water partition coefficient (Wildman–Crippen LogP) is 1.62. The number of benzene rings is 1. The normalized spacial score (nSPS) is 23.4. The first-order chi connectivity index (χ1) is 13.2. The SMILES string of the molecule is NCc1ccccc1CN1C(=O)N2CCCCN2C=C1N1CCCC(N)C1. The maximum atomic E-state index is 13.4. The molecule has 3 aliphatic heterocycles. The van der Waals surface area contributed by atoms with Crippen molar-refractivity contribution in [3.63, 3.8) is 0 Å². The van der Waals surface area contributed by atoms with E-state index in [1.54, 1.807) is 0 Å². The van der Waals surface area contributed by atoms with Crippen LogP contribution in [0.5, 0.6) is 0 Å². The van der Waals surface area contributed by atoms with Gasteiger partial charge in [0, 0.05) is 38.8 Å². The summed E-state index contributed by atoms with van der Waals surface area (Å²) in [5, 5.41) is 3.97. The third-order valence-corrected chi connectivity index (χ3v) is 5.76. The molecule has 7 heteroatoms. The highest BCUT2D eigenvalue weighted by atomic mass is 16.2. The minimum Gasteiger partial charge on any atom is -0.355 e. The number of likely N-dealkylation sites (tertiary alicyclic amines) is 1. The molecule has 0 radical (unpaired) electrons. The third-order valence-electron chi connectivity index (χ3n) is 5.76. The molecule has 1 aromatic carbocycles. The van der Waals surface area contributed by atoms with Crippen molar-refractivity contribution in [1.29, 1.82) is 0 Å². The van der Waals surface area contributed by atoms with Gasteiger partial charge in [-0.25, -0.2) is 9.80 Å². The molecule has 1 unspecified atom stereocenters. The summed E-state index contributed by atoms with van der Waals surface area (Å²) in [5.74, 6) is 0.972. The summed E-state index contributed by atoms with van der Waals surface area (Å²) in [6, 6.07) is 8.33. The summed E-state index contributed by atoms with van der Waals surface area (Å²) >= 11 is 0. The fourth-order valence-corrected chi connectivity index (χ4v) is 4.26. The second kappa shape index (κ2) is 7.78. The van der Waals surface area contributed by atoms with E-state index in [2.05, 4.69) is 22.2 Å². The Hall–Kier alpha value is -2.25. The first-order valence-corrected chi connectivity index (χ1v) is 10.0. The molecule has 3 heterocycles. The van der Waals surface area contributed by atoms with Crippen LogP contribution in [-0.2, 0) is 13.1 Å². The molecule has 4 N–H and O–H groups in total. The van der Waals surface area contributed by atoms with E-state index in [-0.39, 0.29) is 12.1 Å². The number of rotatable bonds is 4. The van der Waals surface area contributed by atoms with Gasteiger partial charge in [0.25, 0.3) is 0 Å². The van der Waals surface area contributed by atoms with Gasteiger partial charge in [0.2, 0.25) is 0 Å². The van der Waals surface area contributed by atoms with E-state index in [9.17, 15) is 4.79 Å². The molecule has 146 valence electrons. The largest absolute Gasteiger partial charge is 0.355 e. The molecule has 2 amide bonds. The van der Waals surface area contributed by atoms with E-state index >= 15 is 0 Å². The molecule has 2 fully saturated rings. The minimum atomic E-state index is 0.0539. The number of urea groups is 1. The lowest BCUT2D eigenvalue weighted by Gasteiger charge is -2.48. The number of nitrogens with two attached hydrogens (primary N) is 2. The van der Waals surface area contributed by atoms with E-state index in [0.717, 1.165) is 68.8 Å². The van der Waals surface area contributed by atoms with E-state index in [4.69, 9.17) is 11.5 Å². The monoisotopic (exact) mass is 370 g/mol. The highest BCUT2D eigenvalue weighted by molar-refractivity contribution is 5.77. The second-order valence-electron chi connectivity index (χ2n) is 7.67. The number of piperidine rings is 1. The summed E-state index contributed by atoms with van der Waals surface area (Å²) in [5.41, 5.74) is 14.3. The van der Waals surface area contributed by atoms with Gasteiger partial charge in [0.1, 0.15) is 5.82 Å². The quantitative estimate of drug-likeness (QED) is 0.842. The molecular weight excluding hydrogens is 340 g/mol. The molecule has 27 heavy (non-hydrogen) atoms. The molecule has 0 aromatic heterocycles. The maximum absolute atomic E-state index is 13.4. The summed E-state index contributed by atoms with van der Waals surface area (Å²) in [6.45, 7) is 4.41. The lowest BCUT2D eigenvalue weighted by molar-refractivity contribution is -0.00959. The van der Waals surface area contributed by atoms with Crippen molar-refractivity contribution < 1.29 is 4.79 Å². The number of fused-ring (bicyclic) bond motifs is 1. The number of amides is 2. The molecule has 3 aliphatic rings. The number of hydrogen-bond donors (Lipinski definition) is 2. The van der Waals surface area contributed by atoms with Gasteiger partial charge < -0.3 is 16.4 Å². The summed E-state index contributed by atoms with van der Waals surface area (Å²) in [7, 11) is 0. The predicted molar refractivity (Wildman–Crippen MR) is 105 cm³/mol. The fourth-order valence-electron chi connectivity index (χ4n) is 4.26. The van der Waals surface area contributed by atoms with Crippen LogP contribution >= 0.6 is 0 Å². The van der Waals surface area contributed by atoms with Crippen LogP contribution in [0, 0.1) is 0 Å². The van der Waals surface area contributed by atoms with Gasteiger partial charge in [0.15, 0.2) is 0 Å². The van der Waals surface area contributed by atoms with Crippen LogP contribution in [0.1, 0.15) is 36.8 Å².